The van der Waals surface area contributed by atoms with Crippen molar-refractivity contribution in [2.24, 2.45) is 0 Å². The molecule has 0 spiro atoms. The smallest absolute Gasteiger partial charge is 0.298 e. The minimum absolute atomic E-state index is 0. The zero-order valence-corrected chi connectivity index (χ0v) is 16.1. The van der Waals surface area contributed by atoms with Gasteiger partial charge < -0.3 is 20.0 Å². The number of anilines is 2. The minimum Gasteiger partial charge on any atom is -0.421 e. The van der Waals surface area contributed by atoms with E-state index >= 15 is 0 Å². The fourth-order valence-corrected chi connectivity index (χ4v) is 3.25. The lowest BCUT2D eigenvalue weighted by atomic mass is 10.2. The summed E-state index contributed by atoms with van der Waals surface area (Å²) in [5, 5.41) is 6.74. The van der Waals surface area contributed by atoms with Crippen molar-refractivity contribution in [1.82, 2.24) is 10.3 Å². The molecule has 0 radical (unpaired) electrons. The number of carbonyl (C=O) groups excluding carboxylic acids is 1. The van der Waals surface area contributed by atoms with Crippen molar-refractivity contribution in [3.63, 3.8) is 0 Å². The van der Waals surface area contributed by atoms with Gasteiger partial charge in [0.1, 0.15) is 5.52 Å². The molecule has 0 saturated carbocycles. The van der Waals surface area contributed by atoms with Crippen LogP contribution in [0.2, 0.25) is 5.02 Å². The molecule has 0 aliphatic carbocycles. The first kappa shape index (κ1) is 19.5. The summed E-state index contributed by atoms with van der Waals surface area (Å²) in [7, 11) is 0. The summed E-state index contributed by atoms with van der Waals surface area (Å²) in [5.74, 6) is -0.217. The van der Waals surface area contributed by atoms with Crippen molar-refractivity contribution in [1.29, 1.82) is 0 Å². The van der Waals surface area contributed by atoms with E-state index < -0.39 is 0 Å². The summed E-state index contributed by atoms with van der Waals surface area (Å²) in [5.41, 5.74) is 2.26. The first-order valence-electron chi connectivity index (χ1n) is 8.63. The van der Waals surface area contributed by atoms with E-state index in [4.69, 9.17) is 16.0 Å². The number of fused-ring (bicyclic) bond motifs is 1. The number of rotatable bonds is 3. The van der Waals surface area contributed by atoms with Gasteiger partial charge in [-0.05, 0) is 37.2 Å². The van der Waals surface area contributed by atoms with E-state index in [0.29, 0.717) is 33.4 Å². The summed E-state index contributed by atoms with van der Waals surface area (Å²) < 4.78 is 6.00. The molecule has 0 bridgehead atoms. The second kappa shape index (κ2) is 8.61. The van der Waals surface area contributed by atoms with Crippen LogP contribution in [-0.4, -0.2) is 37.1 Å². The lowest BCUT2D eigenvalue weighted by Crippen LogP contribution is -2.27. The minimum atomic E-state index is -0.217. The maximum absolute atomic E-state index is 12.5. The topological polar surface area (TPSA) is 70.4 Å². The lowest BCUT2D eigenvalue weighted by molar-refractivity contribution is 0.102. The van der Waals surface area contributed by atoms with Crippen molar-refractivity contribution in [2.75, 3.05) is 36.4 Å². The molecule has 2 heterocycles. The third-order valence-corrected chi connectivity index (χ3v) is 4.56. The highest BCUT2D eigenvalue weighted by Gasteiger charge is 2.19. The van der Waals surface area contributed by atoms with Crippen molar-refractivity contribution in [2.45, 2.75) is 6.42 Å². The molecule has 27 heavy (non-hydrogen) atoms. The van der Waals surface area contributed by atoms with E-state index in [-0.39, 0.29) is 18.3 Å². The van der Waals surface area contributed by atoms with Gasteiger partial charge in [-0.15, -0.1) is 12.4 Å². The molecule has 1 aliphatic heterocycles. The number of amides is 1. The molecule has 2 aromatic carbocycles. The molecule has 1 saturated heterocycles. The monoisotopic (exact) mass is 406 g/mol. The molecule has 1 aromatic heterocycles. The van der Waals surface area contributed by atoms with Crippen LogP contribution in [0.5, 0.6) is 0 Å². The van der Waals surface area contributed by atoms with Gasteiger partial charge in [0.25, 0.3) is 11.9 Å². The number of nitrogens with one attached hydrogen (secondary N) is 2. The largest absolute Gasteiger partial charge is 0.421 e. The van der Waals surface area contributed by atoms with E-state index in [1.54, 1.807) is 24.3 Å². The summed E-state index contributed by atoms with van der Waals surface area (Å²) in [4.78, 5) is 19.2. The highest BCUT2D eigenvalue weighted by Crippen LogP contribution is 2.32. The van der Waals surface area contributed by atoms with Gasteiger partial charge in [-0.3, -0.25) is 4.79 Å². The van der Waals surface area contributed by atoms with E-state index in [1.165, 1.54) is 0 Å². The SMILES string of the molecule is Cl.O=C(Nc1cc(Cl)cc2nc(N3CCCNCC3)oc12)c1ccccc1. The van der Waals surface area contributed by atoms with Crippen LogP contribution in [0.25, 0.3) is 11.1 Å². The number of hydrogen-bond donors (Lipinski definition) is 2. The van der Waals surface area contributed by atoms with Crippen LogP contribution in [0.1, 0.15) is 16.8 Å². The quantitative estimate of drug-likeness (QED) is 0.688. The first-order valence-corrected chi connectivity index (χ1v) is 9.01. The molecule has 3 aromatic rings. The molecule has 1 fully saturated rings. The Balaban J connectivity index is 0.00000210. The normalized spacial score (nSPS) is 14.5. The Morgan fingerprint density at radius 3 is 2.81 bits per heavy atom. The Bertz CT molecular complexity index is 922. The molecule has 0 atom stereocenters. The van der Waals surface area contributed by atoms with Crippen LogP contribution < -0.4 is 15.5 Å². The molecule has 6 nitrogen and oxygen atoms in total. The number of nitrogens with zero attached hydrogens (tertiary/aromatic N) is 2. The van der Waals surface area contributed by atoms with Crippen molar-refractivity contribution < 1.29 is 9.21 Å². The average molecular weight is 407 g/mol. The zero-order chi connectivity index (χ0) is 17.9. The predicted molar refractivity (Wildman–Crippen MR) is 110 cm³/mol. The molecule has 2 N–H and O–H groups in total. The number of aromatic nitrogens is 1. The maximum Gasteiger partial charge on any atom is 0.298 e. The number of benzene rings is 2. The van der Waals surface area contributed by atoms with Crippen LogP contribution in [0.15, 0.2) is 46.9 Å². The van der Waals surface area contributed by atoms with Crippen molar-refractivity contribution >= 4 is 52.7 Å². The summed E-state index contributed by atoms with van der Waals surface area (Å²) in [6, 6.07) is 13.0. The van der Waals surface area contributed by atoms with E-state index in [9.17, 15) is 4.79 Å². The highest BCUT2D eigenvalue weighted by molar-refractivity contribution is 6.32. The van der Waals surface area contributed by atoms with E-state index in [0.717, 1.165) is 32.6 Å². The van der Waals surface area contributed by atoms with Gasteiger partial charge in [-0.25, -0.2) is 0 Å². The predicted octanol–water partition coefficient (Wildman–Crippen LogP) is 3.96. The highest BCUT2D eigenvalue weighted by atomic mass is 35.5. The molecule has 142 valence electrons. The second-order valence-corrected chi connectivity index (χ2v) is 6.65. The number of hydrogen-bond acceptors (Lipinski definition) is 5. The number of carbonyl (C=O) groups is 1. The van der Waals surface area contributed by atoms with Crippen LogP contribution in [-0.2, 0) is 0 Å². The molecule has 1 amide bonds. The fourth-order valence-electron chi connectivity index (χ4n) is 3.04. The summed E-state index contributed by atoms with van der Waals surface area (Å²) in [6.45, 7) is 3.57. The maximum atomic E-state index is 12.5. The van der Waals surface area contributed by atoms with Gasteiger partial charge in [0.15, 0.2) is 5.58 Å². The molecule has 8 heteroatoms. The van der Waals surface area contributed by atoms with Crippen molar-refractivity contribution in [3.05, 3.63) is 53.1 Å². The second-order valence-electron chi connectivity index (χ2n) is 6.21. The lowest BCUT2D eigenvalue weighted by Gasteiger charge is -2.16. The molecule has 1 aliphatic rings. The fraction of sp³-hybridized carbons (Fsp3) is 0.263. The Morgan fingerprint density at radius 2 is 2.00 bits per heavy atom. The standard InChI is InChI=1S/C19H19ClN4O2.ClH/c20-14-11-15(22-18(25)13-5-2-1-3-6-13)17-16(12-14)23-19(26-17)24-9-4-7-21-8-10-24;/h1-3,5-6,11-12,21H,4,7-10H2,(H,22,25);1H. The third kappa shape index (κ3) is 4.35. The van der Waals surface area contributed by atoms with Crippen molar-refractivity contribution in [3.8, 4) is 0 Å². The third-order valence-electron chi connectivity index (χ3n) is 4.34. The van der Waals surface area contributed by atoms with E-state index in [1.807, 2.05) is 18.2 Å². The Kier molecular flexibility index (Phi) is 6.21. The summed E-state index contributed by atoms with van der Waals surface area (Å²) >= 11 is 6.22. The Morgan fingerprint density at radius 1 is 1.19 bits per heavy atom. The Labute approximate surface area is 168 Å². The molecular weight excluding hydrogens is 387 g/mol. The van der Waals surface area contributed by atoms with Gasteiger partial charge in [0.2, 0.25) is 0 Å². The van der Waals surface area contributed by atoms with Crippen LogP contribution in [0, 0.1) is 0 Å². The molecule has 0 unspecified atom stereocenters. The molecular formula is C19H20Cl2N4O2. The van der Waals surface area contributed by atoms with Gasteiger partial charge in [-0.2, -0.15) is 4.98 Å². The average Bonchev–Trinajstić information content (AvgIpc) is 2.89. The Hall–Kier alpha value is -2.28. The zero-order valence-electron chi connectivity index (χ0n) is 14.6. The summed E-state index contributed by atoms with van der Waals surface area (Å²) in [6.07, 6.45) is 1.02. The number of halogens is 2. The van der Waals surface area contributed by atoms with Gasteiger partial charge >= 0.3 is 0 Å². The van der Waals surface area contributed by atoms with Crippen LogP contribution in [0.4, 0.5) is 11.7 Å². The van der Waals surface area contributed by atoms with Gasteiger partial charge in [0.05, 0.1) is 5.69 Å². The van der Waals surface area contributed by atoms with Crippen LogP contribution >= 0.6 is 24.0 Å². The van der Waals surface area contributed by atoms with Crippen LogP contribution in [0.3, 0.4) is 0 Å². The molecule has 4 rings (SSSR count). The van der Waals surface area contributed by atoms with Gasteiger partial charge in [0, 0.05) is 30.2 Å². The first-order chi connectivity index (χ1) is 12.7. The van der Waals surface area contributed by atoms with Gasteiger partial charge in [-0.1, -0.05) is 29.8 Å². The van der Waals surface area contributed by atoms with E-state index in [2.05, 4.69) is 20.5 Å². The number of oxazole rings is 1.